The number of carboxylic acids is 1. The molecule has 2 bridgehead atoms. The molecule has 0 spiro atoms. The highest BCUT2D eigenvalue weighted by atomic mass is 19.3. The van der Waals surface area contributed by atoms with Gasteiger partial charge in [0.25, 0.3) is 0 Å². The first kappa shape index (κ1) is 11.1. The number of alkyl halides is 2. The van der Waals surface area contributed by atoms with Crippen LogP contribution in [0, 0.1) is 23.7 Å². The van der Waals surface area contributed by atoms with Gasteiger partial charge >= 0.3 is 5.92 Å². The summed E-state index contributed by atoms with van der Waals surface area (Å²) in [6.45, 7) is 0. The maximum absolute atomic E-state index is 13.6. The summed E-state index contributed by atoms with van der Waals surface area (Å²) < 4.78 is 27.2. The van der Waals surface area contributed by atoms with E-state index in [1.807, 2.05) is 12.2 Å². The molecule has 0 heterocycles. The zero-order chi connectivity index (χ0) is 12.4. The minimum Gasteiger partial charge on any atom is -0.544 e. The second-order valence-corrected chi connectivity index (χ2v) is 5.50. The number of allylic oxidation sites excluding steroid dienone is 2. The average molecular weight is 243 g/mol. The minimum absolute atomic E-state index is 0.00947. The average Bonchev–Trinajstić information content (AvgIpc) is 2.86. The summed E-state index contributed by atoms with van der Waals surface area (Å²) >= 11 is 0. The Morgan fingerprint density at radius 3 is 2.88 bits per heavy atom. The number of halogens is 2. The van der Waals surface area contributed by atoms with E-state index < -0.39 is 23.4 Å². The van der Waals surface area contributed by atoms with Crippen LogP contribution in [-0.4, -0.2) is 22.6 Å². The number of hydrogen-bond donors (Lipinski definition) is 1. The number of carbonyl (C=O) groups is 1. The molecular formula is C12H13F2O3-. The van der Waals surface area contributed by atoms with E-state index in [0.717, 1.165) is 6.42 Å². The zero-order valence-corrected chi connectivity index (χ0v) is 9.11. The van der Waals surface area contributed by atoms with Gasteiger partial charge in [-0.2, -0.15) is 8.78 Å². The molecule has 3 aliphatic rings. The van der Waals surface area contributed by atoms with Crippen molar-refractivity contribution >= 4 is 5.97 Å². The fourth-order valence-corrected chi connectivity index (χ4v) is 4.13. The van der Waals surface area contributed by atoms with Gasteiger partial charge in [0.1, 0.15) is 11.6 Å². The highest BCUT2D eigenvalue weighted by Gasteiger charge is 2.69. The van der Waals surface area contributed by atoms with Crippen LogP contribution < -0.4 is 5.11 Å². The van der Waals surface area contributed by atoms with Crippen molar-refractivity contribution in [3.63, 3.8) is 0 Å². The van der Waals surface area contributed by atoms with Crippen LogP contribution in [0.3, 0.4) is 0 Å². The molecule has 0 aromatic rings. The molecule has 0 aromatic heterocycles. The smallest absolute Gasteiger partial charge is 0.315 e. The van der Waals surface area contributed by atoms with Gasteiger partial charge in [0.15, 0.2) is 0 Å². The Labute approximate surface area is 97.1 Å². The van der Waals surface area contributed by atoms with Crippen molar-refractivity contribution in [1.29, 1.82) is 0 Å². The number of fused-ring (bicyclic) bond motifs is 5. The lowest BCUT2D eigenvalue weighted by atomic mass is 9.70. The molecule has 94 valence electrons. The van der Waals surface area contributed by atoms with E-state index in [1.165, 1.54) is 0 Å². The summed E-state index contributed by atoms with van der Waals surface area (Å²) in [5.74, 6) is -7.04. The second-order valence-electron chi connectivity index (χ2n) is 5.50. The Morgan fingerprint density at radius 2 is 2.24 bits per heavy atom. The van der Waals surface area contributed by atoms with E-state index in [1.54, 1.807) is 0 Å². The number of aliphatic carboxylic acids is 1. The molecule has 2 saturated carbocycles. The van der Waals surface area contributed by atoms with Crippen molar-refractivity contribution in [3.8, 4) is 0 Å². The van der Waals surface area contributed by atoms with E-state index in [9.17, 15) is 23.8 Å². The molecule has 0 radical (unpaired) electrons. The normalized spacial score (nSPS) is 47.5. The fraction of sp³-hybridized carbons (Fsp3) is 0.750. The largest absolute Gasteiger partial charge is 0.544 e. The topological polar surface area (TPSA) is 60.4 Å². The maximum Gasteiger partial charge on any atom is 0.315 e. The van der Waals surface area contributed by atoms with Crippen molar-refractivity contribution in [2.75, 3.05) is 0 Å². The number of carbonyl (C=O) groups excluding carboxylic acids is 1. The van der Waals surface area contributed by atoms with Crippen LogP contribution in [0.15, 0.2) is 12.2 Å². The van der Waals surface area contributed by atoms with Crippen LogP contribution >= 0.6 is 0 Å². The van der Waals surface area contributed by atoms with Crippen molar-refractivity contribution < 1.29 is 23.8 Å². The lowest BCUT2D eigenvalue weighted by Gasteiger charge is -2.43. The Bertz CT molecular complexity index is 407. The van der Waals surface area contributed by atoms with E-state index in [-0.39, 0.29) is 18.3 Å². The Hall–Kier alpha value is -0.970. The Morgan fingerprint density at radius 1 is 1.53 bits per heavy atom. The van der Waals surface area contributed by atoms with Crippen molar-refractivity contribution in [2.24, 2.45) is 23.7 Å². The molecule has 3 aliphatic carbocycles. The van der Waals surface area contributed by atoms with Crippen molar-refractivity contribution in [1.82, 2.24) is 0 Å². The molecule has 17 heavy (non-hydrogen) atoms. The van der Waals surface area contributed by atoms with Gasteiger partial charge in [0.2, 0.25) is 0 Å². The molecule has 0 saturated heterocycles. The van der Waals surface area contributed by atoms with Crippen LogP contribution in [0.1, 0.15) is 19.3 Å². The predicted octanol–water partition coefficient (Wildman–Crippen LogP) is 0.335. The Kier molecular flexibility index (Phi) is 2.01. The highest BCUT2D eigenvalue weighted by Crippen LogP contribution is 2.63. The van der Waals surface area contributed by atoms with E-state index >= 15 is 0 Å². The van der Waals surface area contributed by atoms with Crippen LogP contribution in [-0.2, 0) is 4.79 Å². The molecule has 1 N–H and O–H groups in total. The van der Waals surface area contributed by atoms with E-state index in [2.05, 4.69) is 0 Å². The molecule has 5 unspecified atom stereocenters. The first-order chi connectivity index (χ1) is 7.88. The third kappa shape index (κ3) is 1.15. The highest BCUT2D eigenvalue weighted by molar-refractivity contribution is 5.75. The van der Waals surface area contributed by atoms with Gasteiger partial charge in [0.05, 0.1) is 0 Å². The first-order valence-corrected chi connectivity index (χ1v) is 5.86. The number of aliphatic hydroxyl groups is 1. The number of rotatable bonds is 2. The summed E-state index contributed by atoms with van der Waals surface area (Å²) in [5.41, 5.74) is -2.42. The quantitative estimate of drug-likeness (QED) is 0.711. The monoisotopic (exact) mass is 243 g/mol. The van der Waals surface area contributed by atoms with Crippen LogP contribution in [0.5, 0.6) is 0 Å². The van der Waals surface area contributed by atoms with Crippen molar-refractivity contribution in [2.45, 2.75) is 30.8 Å². The molecule has 3 rings (SSSR count). The lowest BCUT2D eigenvalue weighted by molar-refractivity contribution is -0.348. The van der Waals surface area contributed by atoms with E-state index in [4.69, 9.17) is 0 Å². The molecule has 2 fully saturated rings. The molecular weight excluding hydrogens is 230 g/mol. The fourth-order valence-electron chi connectivity index (χ4n) is 4.13. The number of carboxylic acid groups (broad SMARTS) is 1. The van der Waals surface area contributed by atoms with Gasteiger partial charge in [-0.1, -0.05) is 12.2 Å². The standard InChI is InChI=1S/C12H14F2O3/c13-12(14,10(15)16)11(17)5-6-4-9(11)8-3-1-2-7(6)8/h1,3,6-9,17H,2,4-5H2,(H,15,16)/p-1. The molecule has 0 aliphatic heterocycles. The third-order valence-electron chi connectivity index (χ3n) is 4.87. The second kappa shape index (κ2) is 3.07. The maximum atomic E-state index is 13.6. The van der Waals surface area contributed by atoms with Crippen LogP contribution in [0.4, 0.5) is 8.78 Å². The third-order valence-corrected chi connectivity index (χ3v) is 4.87. The summed E-state index contributed by atoms with van der Waals surface area (Å²) in [6, 6.07) is 0. The SMILES string of the molecule is O=C([O-])C(F)(F)C1(O)CC2CC1C1C=CCC21. The first-order valence-electron chi connectivity index (χ1n) is 5.86. The summed E-state index contributed by atoms with van der Waals surface area (Å²) in [7, 11) is 0. The van der Waals surface area contributed by atoms with Gasteiger partial charge in [-0.15, -0.1) is 0 Å². The zero-order valence-electron chi connectivity index (χ0n) is 9.11. The molecule has 5 atom stereocenters. The molecule has 0 aromatic carbocycles. The van der Waals surface area contributed by atoms with Gasteiger partial charge < -0.3 is 15.0 Å². The summed E-state index contributed by atoms with van der Waals surface area (Å²) in [5, 5.41) is 20.7. The minimum atomic E-state index is -4.16. The molecule has 3 nitrogen and oxygen atoms in total. The van der Waals surface area contributed by atoms with Crippen molar-refractivity contribution in [3.05, 3.63) is 12.2 Å². The van der Waals surface area contributed by atoms with E-state index in [0.29, 0.717) is 12.3 Å². The lowest BCUT2D eigenvalue weighted by Crippen LogP contribution is -2.62. The predicted molar refractivity (Wildman–Crippen MR) is 51.9 cm³/mol. The summed E-state index contributed by atoms with van der Waals surface area (Å²) in [6.07, 6.45) is 5.03. The summed E-state index contributed by atoms with van der Waals surface area (Å²) in [4.78, 5) is 10.5. The van der Waals surface area contributed by atoms with Gasteiger partial charge in [-0.25, -0.2) is 0 Å². The van der Waals surface area contributed by atoms with Gasteiger partial charge in [-0.05, 0) is 37.0 Å². The van der Waals surface area contributed by atoms with Crippen LogP contribution in [0.2, 0.25) is 0 Å². The van der Waals surface area contributed by atoms with Crippen LogP contribution in [0.25, 0.3) is 0 Å². The van der Waals surface area contributed by atoms with Gasteiger partial charge in [-0.3, -0.25) is 0 Å². The Balaban J connectivity index is 1.97. The molecule has 5 heteroatoms. The number of hydrogen-bond acceptors (Lipinski definition) is 3. The van der Waals surface area contributed by atoms with Gasteiger partial charge in [0, 0.05) is 5.92 Å². The molecule has 0 amide bonds.